The summed E-state index contributed by atoms with van der Waals surface area (Å²) in [5.74, 6) is 0.246. The van der Waals surface area contributed by atoms with Crippen LogP contribution in [0.2, 0.25) is 5.02 Å². The van der Waals surface area contributed by atoms with Crippen molar-refractivity contribution in [3.05, 3.63) is 76.2 Å². The first-order valence-electron chi connectivity index (χ1n) is 12.0. The van der Waals surface area contributed by atoms with Gasteiger partial charge in [-0.05, 0) is 56.0 Å². The second-order valence-corrected chi connectivity index (χ2v) is 11.0. The molecule has 11 heteroatoms. The fourth-order valence-corrected chi connectivity index (χ4v) is 6.01. The predicted octanol–water partition coefficient (Wildman–Crippen LogP) is 3.69. The Labute approximate surface area is 215 Å². The number of benzene rings is 2. The number of ether oxygens (including phenoxy) is 1. The van der Waals surface area contributed by atoms with E-state index in [0.29, 0.717) is 35.2 Å². The molecule has 5 rings (SSSR count). The van der Waals surface area contributed by atoms with Gasteiger partial charge in [0.1, 0.15) is 5.69 Å². The van der Waals surface area contributed by atoms with Crippen LogP contribution in [0.4, 0.5) is 11.4 Å². The Balaban J connectivity index is 1.39. The lowest BCUT2D eigenvalue weighted by Gasteiger charge is -2.36. The van der Waals surface area contributed by atoms with E-state index in [1.807, 2.05) is 11.0 Å². The van der Waals surface area contributed by atoms with Gasteiger partial charge in [-0.3, -0.25) is 9.52 Å². The van der Waals surface area contributed by atoms with Gasteiger partial charge in [-0.15, -0.1) is 0 Å². The van der Waals surface area contributed by atoms with Crippen LogP contribution in [0, 0.1) is 0 Å². The maximum atomic E-state index is 13.5. The number of nitrogens with one attached hydrogen (secondary N) is 1. The van der Waals surface area contributed by atoms with E-state index in [0.717, 1.165) is 25.7 Å². The average molecular weight is 530 g/mol. The Morgan fingerprint density at radius 3 is 2.39 bits per heavy atom. The molecule has 3 aromatic rings. The molecule has 1 N–H and O–H groups in total. The fourth-order valence-electron chi connectivity index (χ4n) is 4.62. The second-order valence-electron chi connectivity index (χ2n) is 8.94. The number of hydrogen-bond acceptors (Lipinski definition) is 6. The van der Waals surface area contributed by atoms with E-state index in [2.05, 4.69) is 9.82 Å². The number of hydrogen-bond donors (Lipinski definition) is 1. The van der Waals surface area contributed by atoms with Gasteiger partial charge in [0, 0.05) is 36.9 Å². The summed E-state index contributed by atoms with van der Waals surface area (Å²) in [4.78, 5) is 15.5. The van der Waals surface area contributed by atoms with Crippen LogP contribution < -0.4 is 19.9 Å². The zero-order valence-corrected chi connectivity index (χ0v) is 21.3. The molecule has 9 nitrogen and oxygen atoms in total. The largest absolute Gasteiger partial charge is 0.483 e. The molecule has 2 aliphatic rings. The summed E-state index contributed by atoms with van der Waals surface area (Å²) < 4.78 is 37.3. The van der Waals surface area contributed by atoms with E-state index in [-0.39, 0.29) is 30.5 Å². The summed E-state index contributed by atoms with van der Waals surface area (Å²) in [6, 6.07) is 15.8. The SMILES string of the molecule is O=c1c(OC2CCCC2)c(N2CCN(S(=O)(=O)Nc3ccccc3)CC2)cnn1-c1cccc(Cl)c1. The summed E-state index contributed by atoms with van der Waals surface area (Å²) >= 11 is 6.14. The Hall–Kier alpha value is -3.08. The van der Waals surface area contributed by atoms with Crippen molar-refractivity contribution >= 4 is 33.2 Å². The van der Waals surface area contributed by atoms with E-state index < -0.39 is 10.2 Å². The molecule has 1 aliphatic carbocycles. The zero-order chi connectivity index (χ0) is 25.1. The lowest BCUT2D eigenvalue weighted by atomic mass is 10.2. The van der Waals surface area contributed by atoms with E-state index in [9.17, 15) is 13.2 Å². The maximum absolute atomic E-state index is 13.5. The van der Waals surface area contributed by atoms with Gasteiger partial charge in [0.05, 0.1) is 18.0 Å². The Kier molecular flexibility index (Phi) is 7.17. The van der Waals surface area contributed by atoms with Crippen LogP contribution in [-0.2, 0) is 10.2 Å². The van der Waals surface area contributed by atoms with Crippen molar-refractivity contribution in [1.82, 2.24) is 14.1 Å². The van der Waals surface area contributed by atoms with Gasteiger partial charge in [-0.25, -0.2) is 0 Å². The lowest BCUT2D eigenvalue weighted by molar-refractivity contribution is 0.205. The summed E-state index contributed by atoms with van der Waals surface area (Å²) in [5.41, 5.74) is 1.29. The molecule has 2 fully saturated rings. The lowest BCUT2D eigenvalue weighted by Crippen LogP contribution is -2.50. The van der Waals surface area contributed by atoms with Crippen molar-refractivity contribution in [2.75, 3.05) is 35.8 Å². The molecule has 0 unspecified atom stereocenters. The van der Waals surface area contributed by atoms with Crippen LogP contribution in [0.5, 0.6) is 5.75 Å². The van der Waals surface area contributed by atoms with Crippen LogP contribution in [0.1, 0.15) is 25.7 Å². The summed E-state index contributed by atoms with van der Waals surface area (Å²) in [5, 5.41) is 4.91. The normalized spacial score (nSPS) is 17.3. The molecular formula is C25H28ClN5O4S. The molecule has 0 amide bonds. The van der Waals surface area contributed by atoms with Crippen LogP contribution in [0.15, 0.2) is 65.6 Å². The highest BCUT2D eigenvalue weighted by Crippen LogP contribution is 2.30. The molecule has 2 heterocycles. The first kappa shape index (κ1) is 24.6. The minimum Gasteiger partial charge on any atom is -0.483 e. The molecule has 190 valence electrons. The second kappa shape index (κ2) is 10.5. The molecule has 2 aromatic carbocycles. The van der Waals surface area contributed by atoms with E-state index in [1.54, 1.807) is 54.7 Å². The van der Waals surface area contributed by atoms with Crippen molar-refractivity contribution in [2.24, 2.45) is 0 Å². The van der Waals surface area contributed by atoms with Crippen molar-refractivity contribution in [1.29, 1.82) is 0 Å². The summed E-state index contributed by atoms with van der Waals surface area (Å²) in [6.07, 6.45) is 5.53. The monoisotopic (exact) mass is 529 g/mol. The van der Waals surface area contributed by atoms with Crippen LogP contribution in [-0.4, -0.2) is 54.8 Å². The quantitative estimate of drug-likeness (QED) is 0.501. The summed E-state index contributed by atoms with van der Waals surface area (Å²) in [6.45, 7) is 1.34. The predicted molar refractivity (Wildman–Crippen MR) is 140 cm³/mol. The third-order valence-corrected chi connectivity index (χ3v) is 8.27. The Morgan fingerprint density at radius 1 is 0.972 bits per heavy atom. The first-order valence-corrected chi connectivity index (χ1v) is 13.9. The smallest absolute Gasteiger partial charge is 0.316 e. The first-order chi connectivity index (χ1) is 17.4. The number of para-hydroxylation sites is 1. The fraction of sp³-hybridized carbons (Fsp3) is 0.360. The molecule has 0 bridgehead atoms. The highest BCUT2D eigenvalue weighted by atomic mass is 35.5. The van der Waals surface area contributed by atoms with Crippen molar-refractivity contribution in [3.63, 3.8) is 0 Å². The van der Waals surface area contributed by atoms with Gasteiger partial charge in [0.15, 0.2) is 0 Å². The molecular weight excluding hydrogens is 502 g/mol. The number of aromatic nitrogens is 2. The topological polar surface area (TPSA) is 96.8 Å². The van der Waals surface area contributed by atoms with Crippen LogP contribution in [0.25, 0.3) is 5.69 Å². The maximum Gasteiger partial charge on any atom is 0.316 e. The number of halogens is 1. The molecule has 0 radical (unpaired) electrons. The standard InChI is InChI=1S/C25H28ClN5O4S/c26-19-7-6-10-21(17-19)31-25(32)24(35-22-11-4-5-12-22)23(18-27-31)29-13-15-30(16-14-29)36(33,34)28-20-8-2-1-3-9-20/h1-3,6-10,17-18,22,28H,4-5,11-16H2. The zero-order valence-electron chi connectivity index (χ0n) is 19.7. The molecule has 1 saturated heterocycles. The van der Waals surface area contributed by atoms with Crippen LogP contribution >= 0.6 is 11.6 Å². The molecule has 1 aromatic heterocycles. The van der Waals surface area contributed by atoms with Crippen LogP contribution in [0.3, 0.4) is 0 Å². The summed E-state index contributed by atoms with van der Waals surface area (Å²) in [7, 11) is -3.69. The van der Waals surface area contributed by atoms with Crippen molar-refractivity contribution < 1.29 is 13.2 Å². The van der Waals surface area contributed by atoms with Crippen molar-refractivity contribution in [2.45, 2.75) is 31.8 Å². The Morgan fingerprint density at radius 2 is 1.69 bits per heavy atom. The van der Waals surface area contributed by atoms with Gasteiger partial charge in [-0.2, -0.15) is 22.5 Å². The third-order valence-electron chi connectivity index (χ3n) is 6.49. The molecule has 1 saturated carbocycles. The highest BCUT2D eigenvalue weighted by Gasteiger charge is 2.30. The minimum atomic E-state index is -3.69. The van der Waals surface area contributed by atoms with Gasteiger partial charge in [-0.1, -0.05) is 35.9 Å². The molecule has 0 spiro atoms. The third kappa shape index (κ3) is 5.35. The average Bonchev–Trinajstić information content (AvgIpc) is 3.39. The molecule has 36 heavy (non-hydrogen) atoms. The van der Waals surface area contributed by atoms with E-state index in [4.69, 9.17) is 16.3 Å². The number of piperazine rings is 1. The van der Waals surface area contributed by atoms with E-state index >= 15 is 0 Å². The van der Waals surface area contributed by atoms with E-state index in [1.165, 1.54) is 8.99 Å². The number of nitrogens with zero attached hydrogens (tertiary/aromatic N) is 4. The number of anilines is 2. The Bertz CT molecular complexity index is 1370. The van der Waals surface area contributed by atoms with Gasteiger partial charge < -0.3 is 9.64 Å². The van der Waals surface area contributed by atoms with Gasteiger partial charge in [0.2, 0.25) is 5.75 Å². The van der Waals surface area contributed by atoms with Gasteiger partial charge in [0.25, 0.3) is 0 Å². The van der Waals surface area contributed by atoms with Crippen molar-refractivity contribution in [3.8, 4) is 11.4 Å². The number of rotatable bonds is 7. The molecule has 1 aliphatic heterocycles. The minimum absolute atomic E-state index is 0.0246. The van der Waals surface area contributed by atoms with Gasteiger partial charge >= 0.3 is 15.8 Å². The highest BCUT2D eigenvalue weighted by molar-refractivity contribution is 7.90. The molecule has 0 atom stereocenters.